The minimum absolute atomic E-state index is 0.166. The molecule has 1 saturated heterocycles. The second-order valence-electron chi connectivity index (χ2n) is 5.32. The summed E-state index contributed by atoms with van der Waals surface area (Å²) in [6.07, 6.45) is -1.23. The highest BCUT2D eigenvalue weighted by Gasteiger charge is 2.41. The molecule has 1 aliphatic carbocycles. The summed E-state index contributed by atoms with van der Waals surface area (Å²) in [6.45, 7) is 1.46. The molecule has 0 radical (unpaired) electrons. The van der Waals surface area contributed by atoms with Gasteiger partial charge in [0.1, 0.15) is 0 Å². The SMILES string of the molecule is NC1CCCC2CN(c3nc(C(F)(F)F)ns3)CC12. The summed E-state index contributed by atoms with van der Waals surface area (Å²) in [5, 5.41) is 0.369. The molecule has 2 N–H and O–H groups in total. The third-order valence-corrected chi connectivity index (χ3v) is 4.87. The van der Waals surface area contributed by atoms with Gasteiger partial charge in [0.2, 0.25) is 11.0 Å². The smallest absolute Gasteiger partial charge is 0.346 e. The lowest BCUT2D eigenvalue weighted by Crippen LogP contribution is -2.38. The molecule has 19 heavy (non-hydrogen) atoms. The van der Waals surface area contributed by atoms with Crippen molar-refractivity contribution in [2.75, 3.05) is 18.0 Å². The van der Waals surface area contributed by atoms with Crippen LogP contribution in [0.1, 0.15) is 25.1 Å². The summed E-state index contributed by atoms with van der Waals surface area (Å²) in [5.74, 6) is -0.166. The van der Waals surface area contributed by atoms with Crippen LogP contribution in [-0.2, 0) is 6.18 Å². The Morgan fingerprint density at radius 2 is 2.05 bits per heavy atom. The van der Waals surface area contributed by atoms with E-state index >= 15 is 0 Å². The number of hydrogen-bond donors (Lipinski definition) is 1. The van der Waals surface area contributed by atoms with Crippen LogP contribution >= 0.6 is 11.5 Å². The number of nitrogens with two attached hydrogens (primary N) is 1. The third kappa shape index (κ3) is 2.43. The number of hydrogen-bond acceptors (Lipinski definition) is 5. The molecule has 3 rings (SSSR count). The molecule has 1 aromatic rings. The summed E-state index contributed by atoms with van der Waals surface area (Å²) in [6, 6.07) is 0.166. The van der Waals surface area contributed by atoms with E-state index in [-0.39, 0.29) is 6.04 Å². The Hall–Kier alpha value is -0.890. The molecule has 106 valence electrons. The summed E-state index contributed by atoms with van der Waals surface area (Å²) < 4.78 is 40.9. The number of nitrogens with zero attached hydrogens (tertiary/aromatic N) is 3. The maximum Gasteiger partial charge on any atom is 0.452 e. The number of fused-ring (bicyclic) bond motifs is 1. The summed E-state index contributed by atoms with van der Waals surface area (Å²) in [7, 11) is 0. The van der Waals surface area contributed by atoms with Gasteiger partial charge in [-0.15, -0.1) is 0 Å². The monoisotopic (exact) mass is 292 g/mol. The van der Waals surface area contributed by atoms with Gasteiger partial charge in [-0.05, 0) is 24.7 Å². The van der Waals surface area contributed by atoms with Crippen molar-refractivity contribution < 1.29 is 13.2 Å². The Morgan fingerprint density at radius 1 is 1.26 bits per heavy atom. The van der Waals surface area contributed by atoms with Crippen LogP contribution in [0, 0.1) is 11.8 Å². The molecule has 0 bridgehead atoms. The zero-order valence-electron chi connectivity index (χ0n) is 10.2. The van der Waals surface area contributed by atoms with E-state index < -0.39 is 12.0 Å². The number of anilines is 1. The first-order valence-electron chi connectivity index (χ1n) is 6.36. The van der Waals surface area contributed by atoms with E-state index in [1.54, 1.807) is 0 Å². The maximum absolute atomic E-state index is 12.5. The fourth-order valence-corrected chi connectivity index (χ4v) is 3.84. The molecule has 3 unspecified atom stereocenters. The van der Waals surface area contributed by atoms with E-state index in [0.717, 1.165) is 37.3 Å². The Morgan fingerprint density at radius 3 is 2.68 bits per heavy atom. The summed E-state index contributed by atoms with van der Waals surface area (Å²) >= 11 is 0.824. The molecule has 1 aliphatic heterocycles. The van der Waals surface area contributed by atoms with E-state index in [4.69, 9.17) is 5.73 Å². The molecule has 0 aromatic carbocycles. The fraction of sp³-hybridized carbons (Fsp3) is 0.818. The molecule has 1 aromatic heterocycles. The lowest BCUT2D eigenvalue weighted by molar-refractivity contribution is -0.144. The molecule has 0 spiro atoms. The van der Waals surface area contributed by atoms with Crippen molar-refractivity contribution in [3.05, 3.63) is 5.82 Å². The zero-order valence-corrected chi connectivity index (χ0v) is 11.0. The van der Waals surface area contributed by atoms with E-state index in [2.05, 4.69) is 9.36 Å². The maximum atomic E-state index is 12.5. The largest absolute Gasteiger partial charge is 0.452 e. The summed E-state index contributed by atoms with van der Waals surface area (Å²) in [5.41, 5.74) is 6.10. The molecule has 2 aliphatic rings. The van der Waals surface area contributed by atoms with Crippen molar-refractivity contribution in [1.29, 1.82) is 0 Å². The van der Waals surface area contributed by atoms with Gasteiger partial charge in [-0.25, -0.2) is 0 Å². The minimum atomic E-state index is -4.46. The average molecular weight is 292 g/mol. The zero-order chi connectivity index (χ0) is 13.6. The third-order valence-electron chi connectivity index (χ3n) is 4.09. The number of rotatable bonds is 1. The minimum Gasteiger partial charge on any atom is -0.346 e. The van der Waals surface area contributed by atoms with Crippen molar-refractivity contribution in [2.45, 2.75) is 31.5 Å². The van der Waals surface area contributed by atoms with Crippen LogP contribution in [-0.4, -0.2) is 28.5 Å². The second-order valence-corrected chi connectivity index (χ2v) is 6.05. The molecule has 4 nitrogen and oxygen atoms in total. The average Bonchev–Trinajstić information content (AvgIpc) is 2.94. The van der Waals surface area contributed by atoms with Gasteiger partial charge < -0.3 is 10.6 Å². The molecule has 0 amide bonds. The van der Waals surface area contributed by atoms with Crippen LogP contribution in [0.4, 0.5) is 18.3 Å². The standard InChI is InChI=1S/C11H15F3N4S/c12-11(13,14)9-16-10(19-17-9)18-4-6-2-1-3-8(15)7(6)5-18/h6-8H,1-5,15H2. The van der Waals surface area contributed by atoms with Crippen molar-refractivity contribution in [3.63, 3.8) is 0 Å². The van der Waals surface area contributed by atoms with Crippen LogP contribution in [0.3, 0.4) is 0 Å². The molecular weight excluding hydrogens is 277 g/mol. The lowest BCUT2D eigenvalue weighted by Gasteiger charge is -2.29. The van der Waals surface area contributed by atoms with E-state index in [9.17, 15) is 13.2 Å². The Bertz CT molecular complexity index is 461. The van der Waals surface area contributed by atoms with Crippen LogP contribution in [0.15, 0.2) is 0 Å². The van der Waals surface area contributed by atoms with Crippen LogP contribution in [0.25, 0.3) is 0 Å². The van der Waals surface area contributed by atoms with Crippen LogP contribution in [0.5, 0.6) is 0 Å². The first-order valence-corrected chi connectivity index (χ1v) is 7.14. The highest BCUT2D eigenvalue weighted by atomic mass is 32.1. The molecular formula is C11H15F3N4S. The van der Waals surface area contributed by atoms with Crippen molar-refractivity contribution >= 4 is 16.7 Å². The highest BCUT2D eigenvalue weighted by molar-refractivity contribution is 7.09. The predicted molar refractivity (Wildman–Crippen MR) is 65.9 cm³/mol. The van der Waals surface area contributed by atoms with E-state index in [1.165, 1.54) is 0 Å². The first kappa shape index (κ1) is 13.1. The molecule has 2 fully saturated rings. The van der Waals surface area contributed by atoms with Crippen molar-refractivity contribution in [2.24, 2.45) is 17.6 Å². The van der Waals surface area contributed by atoms with Gasteiger partial charge >= 0.3 is 6.18 Å². The van der Waals surface area contributed by atoms with Crippen molar-refractivity contribution in [1.82, 2.24) is 9.36 Å². The quantitative estimate of drug-likeness (QED) is 0.861. The van der Waals surface area contributed by atoms with Gasteiger partial charge in [0.05, 0.1) is 0 Å². The van der Waals surface area contributed by atoms with Gasteiger partial charge in [-0.3, -0.25) is 0 Å². The molecule has 8 heteroatoms. The Labute approximate surface area is 113 Å². The first-order chi connectivity index (χ1) is 8.95. The highest BCUT2D eigenvalue weighted by Crippen LogP contribution is 2.39. The van der Waals surface area contributed by atoms with Gasteiger partial charge in [-0.1, -0.05) is 6.42 Å². The molecule has 2 heterocycles. The summed E-state index contributed by atoms with van der Waals surface area (Å²) in [4.78, 5) is 5.52. The second kappa shape index (κ2) is 4.59. The number of alkyl halides is 3. The van der Waals surface area contributed by atoms with Gasteiger partial charge in [0, 0.05) is 30.7 Å². The van der Waals surface area contributed by atoms with Gasteiger partial charge in [0.25, 0.3) is 0 Å². The topological polar surface area (TPSA) is 55.0 Å². The van der Waals surface area contributed by atoms with Gasteiger partial charge in [0.15, 0.2) is 0 Å². The fourth-order valence-electron chi connectivity index (χ4n) is 3.13. The molecule has 3 atom stereocenters. The number of aromatic nitrogens is 2. The van der Waals surface area contributed by atoms with Crippen LogP contribution < -0.4 is 10.6 Å². The van der Waals surface area contributed by atoms with Crippen LogP contribution in [0.2, 0.25) is 0 Å². The Kier molecular flexibility index (Phi) is 3.17. The predicted octanol–water partition coefficient (Wildman–Crippen LogP) is 2.12. The normalized spacial score (nSPS) is 31.6. The Balaban J connectivity index is 1.75. The lowest BCUT2D eigenvalue weighted by atomic mass is 9.78. The molecule has 1 saturated carbocycles. The van der Waals surface area contributed by atoms with E-state index in [1.807, 2.05) is 4.90 Å². The van der Waals surface area contributed by atoms with E-state index in [0.29, 0.717) is 23.5 Å². The van der Waals surface area contributed by atoms with Gasteiger partial charge in [-0.2, -0.15) is 22.5 Å². The number of halogens is 3. The van der Waals surface area contributed by atoms with Crippen molar-refractivity contribution in [3.8, 4) is 0 Å².